The standard InChI is InChI=1S/C13H15F3N2O3S2/c1-23(20,21)18-8-6-17(7-9-18)12(19)10-2-4-11(5-3-10)22-13(14,15)16/h2-5H,6-9H2,1H3. The van der Waals surface area contributed by atoms with E-state index in [-0.39, 0.29) is 54.3 Å². The summed E-state index contributed by atoms with van der Waals surface area (Å²) in [4.78, 5) is 13.8. The topological polar surface area (TPSA) is 57.7 Å². The summed E-state index contributed by atoms with van der Waals surface area (Å²) in [6, 6.07) is 5.19. The average Bonchev–Trinajstić information content (AvgIpc) is 2.45. The van der Waals surface area contributed by atoms with E-state index >= 15 is 0 Å². The molecule has 1 aromatic rings. The number of amides is 1. The van der Waals surface area contributed by atoms with Crippen molar-refractivity contribution in [3.8, 4) is 0 Å². The molecule has 128 valence electrons. The lowest BCUT2D eigenvalue weighted by atomic mass is 10.2. The van der Waals surface area contributed by atoms with Crippen molar-refractivity contribution in [1.82, 2.24) is 9.21 Å². The van der Waals surface area contributed by atoms with Crippen LogP contribution in [0.1, 0.15) is 10.4 Å². The molecule has 10 heteroatoms. The molecular formula is C13H15F3N2O3S2. The molecule has 0 aromatic heterocycles. The Hall–Kier alpha value is -1.26. The number of benzene rings is 1. The molecule has 0 atom stereocenters. The van der Waals surface area contributed by atoms with E-state index in [0.717, 1.165) is 6.26 Å². The molecule has 0 aliphatic carbocycles. The monoisotopic (exact) mass is 368 g/mol. The van der Waals surface area contributed by atoms with Crippen molar-refractivity contribution in [2.75, 3.05) is 32.4 Å². The largest absolute Gasteiger partial charge is 0.446 e. The Kier molecular flexibility index (Phi) is 5.27. The van der Waals surface area contributed by atoms with Gasteiger partial charge in [0, 0.05) is 36.6 Å². The highest BCUT2D eigenvalue weighted by Crippen LogP contribution is 2.36. The molecule has 0 bridgehead atoms. The molecule has 1 aliphatic heterocycles. The van der Waals surface area contributed by atoms with E-state index in [1.807, 2.05) is 0 Å². The number of thioether (sulfide) groups is 1. The van der Waals surface area contributed by atoms with Crippen LogP contribution in [-0.4, -0.2) is 61.5 Å². The van der Waals surface area contributed by atoms with Crippen LogP contribution >= 0.6 is 11.8 Å². The van der Waals surface area contributed by atoms with Gasteiger partial charge in [0.05, 0.1) is 6.26 Å². The van der Waals surface area contributed by atoms with Crippen molar-refractivity contribution in [1.29, 1.82) is 0 Å². The summed E-state index contributed by atoms with van der Waals surface area (Å²) in [7, 11) is -3.28. The minimum absolute atomic E-state index is 0.0101. The van der Waals surface area contributed by atoms with E-state index in [9.17, 15) is 26.4 Å². The highest BCUT2D eigenvalue weighted by Gasteiger charge is 2.30. The molecule has 2 rings (SSSR count). The summed E-state index contributed by atoms with van der Waals surface area (Å²) < 4.78 is 60.9. The zero-order valence-electron chi connectivity index (χ0n) is 12.2. The van der Waals surface area contributed by atoms with Gasteiger partial charge < -0.3 is 4.90 Å². The van der Waals surface area contributed by atoms with E-state index in [1.54, 1.807) is 0 Å². The van der Waals surface area contributed by atoms with Crippen molar-refractivity contribution in [2.24, 2.45) is 0 Å². The van der Waals surface area contributed by atoms with Crippen molar-refractivity contribution in [3.63, 3.8) is 0 Å². The minimum atomic E-state index is -4.37. The first-order valence-corrected chi connectivity index (χ1v) is 9.33. The molecule has 0 spiro atoms. The van der Waals surface area contributed by atoms with Gasteiger partial charge in [-0.15, -0.1) is 0 Å². The van der Waals surface area contributed by atoms with Crippen LogP contribution < -0.4 is 0 Å². The quantitative estimate of drug-likeness (QED) is 0.766. The van der Waals surface area contributed by atoms with Crippen LogP contribution in [0, 0.1) is 0 Å². The maximum atomic E-state index is 12.3. The van der Waals surface area contributed by atoms with E-state index in [1.165, 1.54) is 33.5 Å². The number of sulfonamides is 1. The molecule has 1 aromatic carbocycles. The van der Waals surface area contributed by atoms with Crippen LogP contribution in [0.25, 0.3) is 0 Å². The first-order chi connectivity index (χ1) is 10.6. The SMILES string of the molecule is CS(=O)(=O)N1CCN(C(=O)c2ccc(SC(F)(F)F)cc2)CC1. The molecule has 1 saturated heterocycles. The van der Waals surface area contributed by atoms with Crippen LogP contribution in [0.5, 0.6) is 0 Å². The average molecular weight is 368 g/mol. The summed E-state index contributed by atoms with van der Waals surface area (Å²) in [5, 5.41) is 0. The predicted molar refractivity (Wildman–Crippen MR) is 80.7 cm³/mol. The Morgan fingerprint density at radius 3 is 2.04 bits per heavy atom. The smallest absolute Gasteiger partial charge is 0.336 e. The Bertz CT molecular complexity index is 667. The third kappa shape index (κ3) is 5.11. The summed E-state index contributed by atoms with van der Waals surface area (Å²) in [5.41, 5.74) is -4.09. The number of carbonyl (C=O) groups is 1. The van der Waals surface area contributed by atoms with E-state index < -0.39 is 15.5 Å². The van der Waals surface area contributed by atoms with E-state index in [2.05, 4.69) is 0 Å². The van der Waals surface area contributed by atoms with Crippen molar-refractivity contribution in [2.45, 2.75) is 10.4 Å². The van der Waals surface area contributed by atoms with E-state index in [4.69, 9.17) is 0 Å². The number of carbonyl (C=O) groups excluding carboxylic acids is 1. The lowest BCUT2D eigenvalue weighted by Crippen LogP contribution is -2.50. The second kappa shape index (κ2) is 6.70. The Labute approximate surface area is 136 Å². The number of halogens is 3. The Balaban J connectivity index is 1.99. The van der Waals surface area contributed by atoms with Crippen LogP contribution in [0.2, 0.25) is 0 Å². The molecule has 0 radical (unpaired) electrons. The summed E-state index contributed by atoms with van der Waals surface area (Å²) in [5.74, 6) is -0.318. The fourth-order valence-corrected chi connectivity index (χ4v) is 3.57. The van der Waals surface area contributed by atoms with Gasteiger partial charge in [0.25, 0.3) is 5.91 Å². The second-order valence-electron chi connectivity index (χ2n) is 5.03. The molecule has 0 saturated carbocycles. The number of piperazine rings is 1. The van der Waals surface area contributed by atoms with Crippen LogP contribution in [0.3, 0.4) is 0 Å². The number of hydrogen-bond acceptors (Lipinski definition) is 4. The highest BCUT2D eigenvalue weighted by atomic mass is 32.2. The zero-order chi connectivity index (χ0) is 17.3. The fourth-order valence-electron chi connectivity index (χ4n) is 2.20. The van der Waals surface area contributed by atoms with Gasteiger partial charge in [0.2, 0.25) is 10.0 Å². The first-order valence-electron chi connectivity index (χ1n) is 6.66. The molecule has 1 aliphatic rings. The summed E-state index contributed by atoms with van der Waals surface area (Å²) >= 11 is -0.239. The molecule has 1 fully saturated rings. The lowest BCUT2D eigenvalue weighted by molar-refractivity contribution is -0.0328. The number of nitrogens with zero attached hydrogens (tertiary/aromatic N) is 2. The highest BCUT2D eigenvalue weighted by molar-refractivity contribution is 8.00. The Morgan fingerprint density at radius 1 is 1.09 bits per heavy atom. The maximum Gasteiger partial charge on any atom is 0.446 e. The molecule has 0 unspecified atom stereocenters. The third-order valence-corrected chi connectivity index (χ3v) is 5.37. The number of hydrogen-bond donors (Lipinski definition) is 0. The van der Waals surface area contributed by atoms with Gasteiger partial charge in [0.15, 0.2) is 0 Å². The van der Waals surface area contributed by atoms with Crippen molar-refractivity contribution in [3.05, 3.63) is 29.8 Å². The van der Waals surface area contributed by atoms with Crippen LogP contribution in [-0.2, 0) is 10.0 Å². The molecule has 0 N–H and O–H groups in total. The second-order valence-corrected chi connectivity index (χ2v) is 8.15. The predicted octanol–water partition coefficient (Wildman–Crippen LogP) is 2.02. The minimum Gasteiger partial charge on any atom is -0.336 e. The lowest BCUT2D eigenvalue weighted by Gasteiger charge is -2.33. The maximum absolute atomic E-state index is 12.3. The number of alkyl halides is 3. The van der Waals surface area contributed by atoms with E-state index in [0.29, 0.717) is 0 Å². The molecule has 5 nitrogen and oxygen atoms in total. The summed E-state index contributed by atoms with van der Waals surface area (Å²) in [6.45, 7) is 0.940. The van der Waals surface area contributed by atoms with Crippen molar-refractivity contribution >= 4 is 27.7 Å². The van der Waals surface area contributed by atoms with Crippen LogP contribution in [0.15, 0.2) is 29.2 Å². The zero-order valence-corrected chi connectivity index (χ0v) is 13.8. The summed E-state index contributed by atoms with van der Waals surface area (Å²) in [6.07, 6.45) is 1.11. The van der Waals surface area contributed by atoms with Gasteiger partial charge in [-0.2, -0.15) is 17.5 Å². The Morgan fingerprint density at radius 2 is 1.61 bits per heavy atom. The van der Waals surface area contributed by atoms with Gasteiger partial charge in [-0.25, -0.2) is 8.42 Å². The van der Waals surface area contributed by atoms with Gasteiger partial charge in [-0.1, -0.05) is 0 Å². The van der Waals surface area contributed by atoms with Gasteiger partial charge in [-0.05, 0) is 36.0 Å². The number of rotatable bonds is 3. The third-order valence-electron chi connectivity index (χ3n) is 3.33. The molecule has 1 heterocycles. The molecule has 23 heavy (non-hydrogen) atoms. The van der Waals surface area contributed by atoms with Gasteiger partial charge in [0.1, 0.15) is 0 Å². The van der Waals surface area contributed by atoms with Gasteiger partial charge >= 0.3 is 5.51 Å². The normalized spacial score (nSPS) is 17.3. The van der Waals surface area contributed by atoms with Gasteiger partial charge in [-0.3, -0.25) is 4.79 Å². The first kappa shape index (κ1) is 18.1. The fraction of sp³-hybridized carbons (Fsp3) is 0.462. The van der Waals surface area contributed by atoms with Crippen molar-refractivity contribution < 1.29 is 26.4 Å². The molecular weight excluding hydrogens is 353 g/mol. The van der Waals surface area contributed by atoms with Crippen LogP contribution in [0.4, 0.5) is 13.2 Å². The molecule has 1 amide bonds.